The SMILES string of the molecule is CCCCCC(C)(C)NC(=O)[C@H]1C[C@H]2[C@@H]3CC[C@H]4SC(=O)C=C[C@]4(C)[C@H]3CC[C@]2(C)C1. The number of unbranched alkanes of at least 4 members (excludes halogenated alkanes) is 2. The summed E-state index contributed by atoms with van der Waals surface area (Å²) >= 11 is 1.58. The van der Waals surface area contributed by atoms with Gasteiger partial charge in [0.25, 0.3) is 0 Å². The van der Waals surface area contributed by atoms with E-state index in [-0.39, 0.29) is 22.0 Å². The smallest absolute Gasteiger partial charge is 0.223 e. The normalized spacial score (nSPS) is 42.0. The van der Waals surface area contributed by atoms with Crippen LogP contribution in [-0.2, 0) is 9.59 Å². The molecule has 3 nitrogen and oxygen atoms in total. The molecule has 0 bridgehead atoms. The molecule has 3 aliphatic carbocycles. The Bertz CT molecular complexity index is 746. The van der Waals surface area contributed by atoms with Gasteiger partial charge in [-0.05, 0) is 88.0 Å². The Morgan fingerprint density at radius 2 is 1.97 bits per heavy atom. The van der Waals surface area contributed by atoms with Gasteiger partial charge in [0.1, 0.15) is 0 Å². The standard InChI is InChI=1S/C27H43NO2S/c1-6-7-8-13-25(2,3)28-24(30)18-16-21-19-9-10-22-27(5,15-12-23(29)31-22)20(19)11-14-26(21,4)17-18/h12,15,18-22H,6-11,13-14,16-17H2,1-5H3,(H,28,30)/t18-,19+,20-,21-,22+,26+,27+/m0/s1. The minimum Gasteiger partial charge on any atom is -0.351 e. The molecule has 7 atom stereocenters. The van der Waals surface area contributed by atoms with Crippen molar-refractivity contribution < 1.29 is 9.59 Å². The van der Waals surface area contributed by atoms with Crippen LogP contribution in [0.1, 0.15) is 98.8 Å². The van der Waals surface area contributed by atoms with Crippen molar-refractivity contribution in [2.45, 2.75) is 110 Å². The highest BCUT2D eigenvalue weighted by Gasteiger charge is 2.59. The van der Waals surface area contributed by atoms with E-state index in [9.17, 15) is 9.59 Å². The van der Waals surface area contributed by atoms with Gasteiger partial charge in [0.05, 0.1) is 0 Å². The number of thioether (sulfide) groups is 1. The van der Waals surface area contributed by atoms with Crippen molar-refractivity contribution in [3.8, 4) is 0 Å². The zero-order valence-corrected chi connectivity index (χ0v) is 21.2. The van der Waals surface area contributed by atoms with Crippen molar-refractivity contribution in [3.63, 3.8) is 0 Å². The summed E-state index contributed by atoms with van der Waals surface area (Å²) in [4.78, 5) is 25.3. The molecule has 4 rings (SSSR count). The Labute approximate surface area is 194 Å². The van der Waals surface area contributed by atoms with Gasteiger partial charge in [0.15, 0.2) is 0 Å². The third-order valence-corrected chi connectivity index (χ3v) is 10.9. The van der Waals surface area contributed by atoms with E-state index < -0.39 is 0 Å². The van der Waals surface area contributed by atoms with E-state index in [0.29, 0.717) is 34.3 Å². The average Bonchev–Trinajstić information content (AvgIpc) is 3.06. The lowest BCUT2D eigenvalue weighted by Gasteiger charge is -2.57. The first-order valence-corrected chi connectivity index (χ1v) is 13.7. The maximum atomic E-state index is 13.3. The number of carbonyl (C=O) groups excluding carboxylic acids is 2. The van der Waals surface area contributed by atoms with Gasteiger partial charge in [-0.15, -0.1) is 0 Å². The molecule has 174 valence electrons. The molecule has 1 heterocycles. The molecule has 31 heavy (non-hydrogen) atoms. The predicted molar refractivity (Wildman–Crippen MR) is 130 cm³/mol. The summed E-state index contributed by atoms with van der Waals surface area (Å²) in [5, 5.41) is 4.10. The molecule has 0 saturated heterocycles. The fourth-order valence-electron chi connectivity index (χ4n) is 7.77. The Morgan fingerprint density at radius 1 is 1.19 bits per heavy atom. The Morgan fingerprint density at radius 3 is 2.71 bits per heavy atom. The van der Waals surface area contributed by atoms with Crippen LogP contribution in [0.4, 0.5) is 0 Å². The van der Waals surface area contributed by atoms with Crippen LogP contribution in [0.25, 0.3) is 0 Å². The minimum absolute atomic E-state index is 0.106. The van der Waals surface area contributed by atoms with Crippen LogP contribution in [0.3, 0.4) is 0 Å². The molecule has 4 heteroatoms. The lowest BCUT2D eigenvalue weighted by Crippen LogP contribution is -2.52. The Hall–Kier alpha value is -0.770. The van der Waals surface area contributed by atoms with Gasteiger partial charge in [0, 0.05) is 22.1 Å². The van der Waals surface area contributed by atoms with Crippen molar-refractivity contribution in [1.29, 1.82) is 0 Å². The summed E-state index contributed by atoms with van der Waals surface area (Å²) in [5.74, 6) is 2.48. The van der Waals surface area contributed by atoms with Crippen LogP contribution in [0.15, 0.2) is 12.2 Å². The molecule has 4 aliphatic rings. The van der Waals surface area contributed by atoms with E-state index in [1.54, 1.807) is 11.8 Å². The van der Waals surface area contributed by atoms with E-state index in [4.69, 9.17) is 0 Å². The van der Waals surface area contributed by atoms with Crippen LogP contribution < -0.4 is 5.32 Å². The molecule has 3 saturated carbocycles. The Balaban J connectivity index is 1.45. The number of hydrogen-bond donors (Lipinski definition) is 1. The molecule has 0 radical (unpaired) electrons. The highest BCUT2D eigenvalue weighted by Crippen LogP contribution is 2.65. The fourth-order valence-corrected chi connectivity index (χ4v) is 8.96. The second-order valence-electron chi connectivity index (χ2n) is 12.2. The number of hydrogen-bond acceptors (Lipinski definition) is 3. The minimum atomic E-state index is -0.106. The first-order chi connectivity index (χ1) is 14.6. The quantitative estimate of drug-likeness (QED) is 0.473. The van der Waals surface area contributed by atoms with Crippen LogP contribution >= 0.6 is 11.8 Å². The van der Waals surface area contributed by atoms with Crippen molar-refractivity contribution in [2.24, 2.45) is 34.5 Å². The predicted octanol–water partition coefficient (Wildman–Crippen LogP) is 6.52. The van der Waals surface area contributed by atoms with E-state index in [1.165, 1.54) is 38.5 Å². The van der Waals surface area contributed by atoms with Crippen LogP contribution in [0, 0.1) is 34.5 Å². The number of nitrogens with one attached hydrogen (secondary N) is 1. The first kappa shape index (κ1) is 23.4. The van der Waals surface area contributed by atoms with Gasteiger partial charge in [-0.1, -0.05) is 57.9 Å². The molecule has 3 fully saturated rings. The van der Waals surface area contributed by atoms with Gasteiger partial charge in [-0.3, -0.25) is 9.59 Å². The zero-order chi connectivity index (χ0) is 22.4. The van der Waals surface area contributed by atoms with Gasteiger partial charge in [-0.25, -0.2) is 0 Å². The van der Waals surface area contributed by atoms with Crippen molar-refractivity contribution in [1.82, 2.24) is 5.32 Å². The van der Waals surface area contributed by atoms with Crippen molar-refractivity contribution in [3.05, 3.63) is 12.2 Å². The molecular formula is C27H43NO2S. The fraction of sp³-hybridized carbons (Fsp3) is 0.852. The molecule has 1 N–H and O–H groups in total. The summed E-state index contributed by atoms with van der Waals surface area (Å²) in [6.45, 7) is 11.5. The van der Waals surface area contributed by atoms with E-state index in [0.717, 1.165) is 25.7 Å². The van der Waals surface area contributed by atoms with Gasteiger partial charge < -0.3 is 5.32 Å². The molecule has 0 spiro atoms. The summed E-state index contributed by atoms with van der Waals surface area (Å²) < 4.78 is 0. The van der Waals surface area contributed by atoms with Crippen LogP contribution in [0.2, 0.25) is 0 Å². The first-order valence-electron chi connectivity index (χ1n) is 12.8. The third-order valence-electron chi connectivity index (χ3n) is 9.54. The lowest BCUT2D eigenvalue weighted by molar-refractivity contribution is -0.126. The summed E-state index contributed by atoms with van der Waals surface area (Å²) in [7, 11) is 0. The largest absolute Gasteiger partial charge is 0.351 e. The van der Waals surface area contributed by atoms with Gasteiger partial charge >= 0.3 is 0 Å². The average molecular weight is 446 g/mol. The van der Waals surface area contributed by atoms with Crippen LogP contribution in [0.5, 0.6) is 0 Å². The molecule has 0 aromatic heterocycles. The Kier molecular flexibility index (Phi) is 6.44. The van der Waals surface area contributed by atoms with Gasteiger partial charge in [-0.2, -0.15) is 0 Å². The summed E-state index contributed by atoms with van der Waals surface area (Å²) in [5.41, 5.74) is 0.343. The maximum absolute atomic E-state index is 13.3. The number of allylic oxidation sites excluding steroid dienone is 1. The zero-order valence-electron chi connectivity index (χ0n) is 20.3. The molecule has 1 amide bonds. The second kappa shape index (κ2) is 8.54. The molecular weight excluding hydrogens is 402 g/mol. The number of fused-ring (bicyclic) bond motifs is 5. The van der Waals surface area contributed by atoms with Crippen molar-refractivity contribution in [2.75, 3.05) is 0 Å². The van der Waals surface area contributed by atoms with Crippen LogP contribution in [-0.4, -0.2) is 21.8 Å². The maximum Gasteiger partial charge on any atom is 0.223 e. The second-order valence-corrected chi connectivity index (χ2v) is 13.4. The van der Waals surface area contributed by atoms with E-state index >= 15 is 0 Å². The highest BCUT2D eigenvalue weighted by molar-refractivity contribution is 8.14. The number of amides is 1. The van der Waals surface area contributed by atoms with E-state index in [1.807, 2.05) is 6.08 Å². The molecule has 0 aromatic carbocycles. The third kappa shape index (κ3) is 4.39. The highest BCUT2D eigenvalue weighted by atomic mass is 32.2. The monoisotopic (exact) mass is 445 g/mol. The summed E-state index contributed by atoms with van der Waals surface area (Å²) in [6.07, 6.45) is 15.8. The lowest BCUT2D eigenvalue weighted by atomic mass is 9.50. The molecule has 0 aromatic rings. The molecule has 1 aliphatic heterocycles. The number of carbonyl (C=O) groups is 2. The van der Waals surface area contributed by atoms with Gasteiger partial charge in [0.2, 0.25) is 11.0 Å². The number of rotatable bonds is 6. The van der Waals surface area contributed by atoms with Crippen molar-refractivity contribution >= 4 is 22.8 Å². The summed E-state index contributed by atoms with van der Waals surface area (Å²) in [6, 6.07) is 0. The van der Waals surface area contributed by atoms with E-state index in [2.05, 4.69) is 46.0 Å². The topological polar surface area (TPSA) is 46.2 Å². The molecule has 0 unspecified atom stereocenters.